The second kappa shape index (κ2) is 7.67. The molecule has 2 aliphatic carbocycles. The molecule has 0 unspecified atom stereocenters. The van der Waals surface area contributed by atoms with Crippen LogP contribution in [0.5, 0.6) is 11.8 Å². The van der Waals surface area contributed by atoms with E-state index in [-0.39, 0.29) is 33.6 Å². The van der Waals surface area contributed by atoms with E-state index in [0.29, 0.717) is 36.2 Å². The van der Waals surface area contributed by atoms with Gasteiger partial charge in [0.2, 0.25) is 11.2 Å². The summed E-state index contributed by atoms with van der Waals surface area (Å²) in [6.07, 6.45) is 5.66. The van der Waals surface area contributed by atoms with E-state index < -0.39 is 24.9 Å². The molecule has 2 N–H and O–H groups in total. The normalized spacial score (nSPS) is 17.3. The lowest BCUT2D eigenvalue weighted by molar-refractivity contribution is -0.137. The molecular formula is C22H17ClF3N5O3. The van der Waals surface area contributed by atoms with Crippen LogP contribution in [0.4, 0.5) is 13.2 Å². The molecule has 6 rings (SSSR count). The van der Waals surface area contributed by atoms with E-state index in [1.807, 2.05) is 0 Å². The Bertz CT molecular complexity index is 1340. The van der Waals surface area contributed by atoms with E-state index in [9.17, 15) is 13.6 Å². The monoisotopic (exact) mass is 491 g/mol. The van der Waals surface area contributed by atoms with Gasteiger partial charge in [0, 0.05) is 35.6 Å². The van der Waals surface area contributed by atoms with E-state index in [2.05, 4.69) is 30.0 Å². The fourth-order valence-corrected chi connectivity index (χ4v) is 4.88. The van der Waals surface area contributed by atoms with Gasteiger partial charge in [0.15, 0.2) is 5.82 Å². The number of ether oxygens (including phenoxy) is 2. The molecule has 1 aliphatic heterocycles. The number of alkyl halides is 2. The molecule has 3 aromatic rings. The Hall–Kier alpha value is -3.18. The number of halogens is 4. The van der Waals surface area contributed by atoms with Crippen molar-refractivity contribution in [1.82, 2.24) is 25.3 Å². The zero-order chi connectivity index (χ0) is 23.6. The number of hydrogen-bond acceptors (Lipinski definition) is 6. The lowest BCUT2D eigenvalue weighted by atomic mass is 9.86. The number of pyridine rings is 1. The van der Waals surface area contributed by atoms with Gasteiger partial charge in [-0.1, -0.05) is 0 Å². The number of rotatable bonds is 5. The molecule has 176 valence electrons. The van der Waals surface area contributed by atoms with Gasteiger partial charge < -0.3 is 19.8 Å². The van der Waals surface area contributed by atoms with Crippen LogP contribution in [0.1, 0.15) is 45.6 Å². The van der Waals surface area contributed by atoms with Gasteiger partial charge in [0.05, 0.1) is 23.4 Å². The topological polar surface area (TPSA) is 102 Å². The van der Waals surface area contributed by atoms with Gasteiger partial charge in [-0.2, -0.15) is 13.8 Å². The van der Waals surface area contributed by atoms with Crippen LogP contribution < -0.4 is 10.1 Å². The summed E-state index contributed by atoms with van der Waals surface area (Å²) in [5, 5.41) is 2.75. The summed E-state index contributed by atoms with van der Waals surface area (Å²) >= 11 is 5.82. The second-order valence-corrected chi connectivity index (χ2v) is 8.95. The average molecular weight is 492 g/mol. The number of carbonyl (C=O) groups is 1. The number of nitrogens with zero attached hydrogens (tertiary/aromatic N) is 3. The average Bonchev–Trinajstić information content (AvgIpc) is 3.47. The van der Waals surface area contributed by atoms with Gasteiger partial charge in [0.1, 0.15) is 0 Å². The van der Waals surface area contributed by atoms with Crippen molar-refractivity contribution in [2.24, 2.45) is 0 Å². The first-order valence-corrected chi connectivity index (χ1v) is 11.0. The van der Waals surface area contributed by atoms with Crippen molar-refractivity contribution < 1.29 is 27.4 Å². The maximum atomic E-state index is 15.8. The van der Waals surface area contributed by atoms with Crippen LogP contribution in [0.2, 0.25) is 5.28 Å². The van der Waals surface area contributed by atoms with Crippen LogP contribution in [0.3, 0.4) is 0 Å². The highest BCUT2D eigenvalue weighted by Crippen LogP contribution is 2.53. The smallest absolute Gasteiger partial charge is 0.345 e. The maximum Gasteiger partial charge on any atom is 0.345 e. The van der Waals surface area contributed by atoms with E-state index in [4.69, 9.17) is 16.3 Å². The molecule has 1 spiro atoms. The Labute approximate surface area is 195 Å². The second-order valence-electron chi connectivity index (χ2n) is 8.61. The van der Waals surface area contributed by atoms with E-state index in [1.54, 1.807) is 0 Å². The zero-order valence-electron chi connectivity index (χ0n) is 17.6. The zero-order valence-corrected chi connectivity index (χ0v) is 18.3. The number of fused-ring (bicyclic) bond motifs is 6. The summed E-state index contributed by atoms with van der Waals surface area (Å²) in [7, 11) is 0. The van der Waals surface area contributed by atoms with E-state index in [0.717, 1.165) is 30.3 Å². The lowest BCUT2D eigenvalue weighted by Crippen LogP contribution is -2.39. The van der Waals surface area contributed by atoms with Gasteiger partial charge in [-0.05, 0) is 48.4 Å². The minimum Gasteiger partial charge on any atom is -0.417 e. The van der Waals surface area contributed by atoms with Gasteiger partial charge in [-0.25, -0.2) is 14.4 Å². The molecule has 0 bridgehead atoms. The molecule has 3 aliphatic rings. The number of H-pyrrole nitrogens is 1. The Morgan fingerprint density at radius 2 is 1.97 bits per heavy atom. The predicted octanol–water partition coefficient (Wildman–Crippen LogP) is 4.06. The van der Waals surface area contributed by atoms with Crippen LogP contribution in [-0.2, 0) is 29.6 Å². The van der Waals surface area contributed by atoms with Crippen LogP contribution in [0.25, 0.3) is 11.3 Å². The minimum absolute atomic E-state index is 0.0481. The SMILES string of the molecule is O=C1NCC2(CC2)c2[nH]c3c(c21)CCc1cnc(Oc2nc(Cl)ncc2COC(F)F)c(F)c1-3. The predicted molar refractivity (Wildman–Crippen MR) is 113 cm³/mol. The third kappa shape index (κ3) is 3.33. The van der Waals surface area contributed by atoms with Crippen LogP contribution in [-0.4, -0.2) is 39.0 Å². The van der Waals surface area contributed by atoms with Crippen molar-refractivity contribution >= 4 is 17.5 Å². The molecule has 12 heteroatoms. The van der Waals surface area contributed by atoms with Gasteiger partial charge >= 0.3 is 6.61 Å². The van der Waals surface area contributed by atoms with Crippen LogP contribution in [0.15, 0.2) is 12.4 Å². The molecule has 8 nitrogen and oxygen atoms in total. The van der Waals surface area contributed by atoms with E-state index >= 15 is 4.39 Å². The quantitative estimate of drug-likeness (QED) is 0.522. The number of nitrogens with one attached hydrogen (secondary N) is 2. The third-order valence-electron chi connectivity index (χ3n) is 6.62. The Morgan fingerprint density at radius 1 is 1.15 bits per heavy atom. The largest absolute Gasteiger partial charge is 0.417 e. The highest BCUT2D eigenvalue weighted by Gasteiger charge is 2.52. The van der Waals surface area contributed by atoms with E-state index in [1.165, 1.54) is 6.20 Å². The molecule has 4 heterocycles. The first-order valence-electron chi connectivity index (χ1n) is 10.7. The van der Waals surface area contributed by atoms with Crippen LogP contribution in [0, 0.1) is 5.82 Å². The molecule has 1 fully saturated rings. The summed E-state index contributed by atoms with van der Waals surface area (Å²) in [4.78, 5) is 27.7. The molecule has 34 heavy (non-hydrogen) atoms. The first kappa shape index (κ1) is 21.4. The number of aromatic nitrogens is 4. The molecule has 0 aromatic carbocycles. The molecule has 0 atom stereocenters. The summed E-state index contributed by atoms with van der Waals surface area (Å²) in [6, 6.07) is 0. The maximum absolute atomic E-state index is 15.8. The number of amides is 1. The number of aromatic amines is 1. The van der Waals surface area contributed by atoms with Gasteiger partial charge in [0.25, 0.3) is 11.8 Å². The molecular weight excluding hydrogens is 475 g/mol. The highest BCUT2D eigenvalue weighted by molar-refractivity contribution is 6.28. The minimum atomic E-state index is -3.02. The molecule has 1 saturated carbocycles. The van der Waals surface area contributed by atoms with Crippen molar-refractivity contribution in [3.63, 3.8) is 0 Å². The lowest BCUT2D eigenvalue weighted by Gasteiger charge is -2.23. The number of carbonyl (C=O) groups excluding carboxylic acids is 1. The van der Waals surface area contributed by atoms with Crippen LogP contribution >= 0.6 is 11.6 Å². The molecule has 3 aromatic heterocycles. The Morgan fingerprint density at radius 3 is 2.74 bits per heavy atom. The third-order valence-corrected chi connectivity index (χ3v) is 6.80. The van der Waals surface area contributed by atoms with Gasteiger partial charge in [-0.15, -0.1) is 0 Å². The molecule has 1 amide bonds. The van der Waals surface area contributed by atoms with Crippen molar-refractivity contribution in [3.05, 3.63) is 51.4 Å². The Kier molecular flexibility index (Phi) is 4.82. The summed E-state index contributed by atoms with van der Waals surface area (Å²) < 4.78 is 50.7. The summed E-state index contributed by atoms with van der Waals surface area (Å²) in [5.74, 6) is -1.56. The number of hydrogen-bond donors (Lipinski definition) is 2. The Balaban J connectivity index is 1.42. The first-order chi connectivity index (χ1) is 16.4. The highest BCUT2D eigenvalue weighted by atomic mass is 35.5. The number of aryl methyl sites for hydroxylation is 1. The van der Waals surface area contributed by atoms with Crippen molar-refractivity contribution in [1.29, 1.82) is 0 Å². The molecule has 0 radical (unpaired) electrons. The summed E-state index contributed by atoms with van der Waals surface area (Å²) in [5.41, 5.74) is 3.67. The fourth-order valence-electron chi connectivity index (χ4n) is 4.75. The standard InChI is InChI=1S/C22H17ClF3N5O3/c23-20-28-6-10(7-33-21(25)26)18(31-20)34-19-14(24)12-9(5-27-19)1-2-11-13-16(30-15(11)12)22(3-4-22)8-29-17(13)32/h5-6,21,30H,1-4,7-8H2,(H,29,32). The van der Waals surface area contributed by atoms with Gasteiger partial charge in [-0.3, -0.25) is 4.79 Å². The molecule has 0 saturated heterocycles. The summed E-state index contributed by atoms with van der Waals surface area (Å²) in [6.45, 7) is -3.02. The van der Waals surface area contributed by atoms with Crippen molar-refractivity contribution in [2.75, 3.05) is 6.54 Å². The van der Waals surface area contributed by atoms with Crippen molar-refractivity contribution in [3.8, 4) is 23.0 Å². The fraction of sp³-hybridized carbons (Fsp3) is 0.364. The van der Waals surface area contributed by atoms with Crippen molar-refractivity contribution in [2.45, 2.75) is 44.3 Å².